The Hall–Kier alpha value is -2.29. The van der Waals surface area contributed by atoms with Gasteiger partial charge < -0.3 is 15.0 Å². The van der Waals surface area contributed by atoms with Crippen LogP contribution in [-0.2, 0) is 16.6 Å². The number of hydrogen-bond acceptors (Lipinski definition) is 6. The predicted octanol–water partition coefficient (Wildman–Crippen LogP) is 2.08. The van der Waals surface area contributed by atoms with Gasteiger partial charge in [-0.1, -0.05) is 34.8 Å². The average molecular weight is 406 g/mol. The van der Waals surface area contributed by atoms with Crippen molar-refractivity contribution >= 4 is 58.3 Å². The Balaban J connectivity index is 2.00. The number of imide groups is 1. The fourth-order valence-corrected chi connectivity index (χ4v) is 2.38. The lowest BCUT2D eigenvalue weighted by Crippen LogP contribution is -2.35. The van der Waals surface area contributed by atoms with E-state index in [4.69, 9.17) is 45.3 Å². The SMILES string of the molecule is Cn1cccc1C(=O)NC(=O)COC(=O)c1nc(Cl)c(Cl)c(N)c1Cl. The molecule has 0 unspecified atom stereocenters. The zero-order valence-corrected chi connectivity index (χ0v) is 14.9. The minimum Gasteiger partial charge on any atom is -0.451 e. The Morgan fingerprint density at radius 1 is 1.28 bits per heavy atom. The second-order valence-corrected chi connectivity index (χ2v) is 5.86. The van der Waals surface area contributed by atoms with Crippen LogP contribution in [0.1, 0.15) is 21.0 Å². The number of esters is 1. The molecule has 0 spiro atoms. The molecule has 2 heterocycles. The van der Waals surface area contributed by atoms with Gasteiger partial charge >= 0.3 is 5.97 Å². The van der Waals surface area contributed by atoms with Gasteiger partial charge in [-0.25, -0.2) is 9.78 Å². The van der Waals surface area contributed by atoms with Gasteiger partial charge in [0.2, 0.25) is 0 Å². The van der Waals surface area contributed by atoms with Crippen molar-refractivity contribution in [2.75, 3.05) is 12.3 Å². The molecule has 0 aliphatic carbocycles. The molecule has 11 heteroatoms. The number of nitrogens with zero attached hydrogens (tertiary/aromatic N) is 2. The molecule has 2 aromatic rings. The standard InChI is InChI=1S/C14H11Cl3N4O4/c1-21-4-2-3-6(21)13(23)19-7(22)5-25-14(24)11-8(15)10(18)9(16)12(17)20-11/h2-4H,5H2,1H3,(H2,18,20)(H,19,22,23). The quantitative estimate of drug-likeness (QED) is 0.594. The van der Waals surface area contributed by atoms with E-state index in [2.05, 4.69) is 10.3 Å². The maximum atomic E-state index is 12.0. The number of rotatable bonds is 4. The van der Waals surface area contributed by atoms with Crippen molar-refractivity contribution in [3.63, 3.8) is 0 Å². The first-order valence-corrected chi connectivity index (χ1v) is 7.78. The Kier molecular flexibility index (Phi) is 5.89. The Morgan fingerprint density at radius 2 is 1.96 bits per heavy atom. The van der Waals surface area contributed by atoms with Crippen LogP contribution < -0.4 is 11.1 Å². The molecular formula is C14H11Cl3N4O4. The summed E-state index contributed by atoms with van der Waals surface area (Å²) in [6.45, 7) is -0.729. The van der Waals surface area contributed by atoms with E-state index in [1.807, 2.05) is 0 Å². The van der Waals surface area contributed by atoms with Crippen LogP contribution in [0.5, 0.6) is 0 Å². The van der Waals surface area contributed by atoms with Gasteiger partial charge in [0.15, 0.2) is 17.5 Å². The van der Waals surface area contributed by atoms with Gasteiger partial charge in [0.05, 0.1) is 10.7 Å². The average Bonchev–Trinajstić information content (AvgIpc) is 3.00. The largest absolute Gasteiger partial charge is 0.451 e. The van der Waals surface area contributed by atoms with Crippen molar-refractivity contribution in [3.8, 4) is 0 Å². The molecule has 0 radical (unpaired) electrons. The van der Waals surface area contributed by atoms with E-state index >= 15 is 0 Å². The third-order valence-corrected chi connectivity index (χ3v) is 4.16. The molecule has 0 saturated carbocycles. The lowest BCUT2D eigenvalue weighted by Gasteiger charge is -2.09. The summed E-state index contributed by atoms with van der Waals surface area (Å²) in [6, 6.07) is 3.17. The first kappa shape index (κ1) is 19.0. The molecule has 0 aliphatic heterocycles. The van der Waals surface area contributed by atoms with E-state index in [-0.39, 0.29) is 26.6 Å². The highest BCUT2D eigenvalue weighted by Gasteiger charge is 2.22. The van der Waals surface area contributed by atoms with Crippen molar-refractivity contribution < 1.29 is 19.1 Å². The van der Waals surface area contributed by atoms with Crippen LogP contribution in [0.15, 0.2) is 18.3 Å². The summed E-state index contributed by atoms with van der Waals surface area (Å²) >= 11 is 17.3. The molecule has 8 nitrogen and oxygen atoms in total. The number of aromatic nitrogens is 2. The van der Waals surface area contributed by atoms with Gasteiger partial charge in [0.1, 0.15) is 10.7 Å². The van der Waals surface area contributed by atoms with Gasteiger partial charge in [-0.05, 0) is 12.1 Å². The summed E-state index contributed by atoms with van der Waals surface area (Å²) in [5, 5.41) is 1.49. The molecular weight excluding hydrogens is 395 g/mol. The lowest BCUT2D eigenvalue weighted by molar-refractivity contribution is -0.123. The molecule has 0 fully saturated rings. The normalized spacial score (nSPS) is 10.4. The number of halogens is 3. The zero-order valence-electron chi connectivity index (χ0n) is 12.7. The number of pyridine rings is 1. The molecule has 0 atom stereocenters. The third kappa shape index (κ3) is 4.22. The molecule has 0 aromatic carbocycles. The van der Waals surface area contributed by atoms with Crippen molar-refractivity contribution in [2.45, 2.75) is 0 Å². The summed E-state index contributed by atoms with van der Waals surface area (Å²) in [5.74, 6) is -2.51. The van der Waals surface area contributed by atoms with E-state index in [1.165, 1.54) is 10.6 Å². The minimum atomic E-state index is -1.04. The number of hydrogen-bond donors (Lipinski definition) is 2. The number of nitrogens with two attached hydrogens (primary N) is 1. The van der Waals surface area contributed by atoms with Gasteiger partial charge in [-0.2, -0.15) is 0 Å². The Bertz CT molecular complexity index is 866. The molecule has 25 heavy (non-hydrogen) atoms. The molecule has 132 valence electrons. The van der Waals surface area contributed by atoms with Gasteiger partial charge in [0, 0.05) is 13.2 Å². The first-order valence-electron chi connectivity index (χ1n) is 6.65. The third-order valence-electron chi connectivity index (χ3n) is 3.03. The van der Waals surface area contributed by atoms with E-state index in [0.29, 0.717) is 0 Å². The molecule has 0 aliphatic rings. The number of nitrogen functional groups attached to an aromatic ring is 1. The maximum absolute atomic E-state index is 12.0. The van der Waals surface area contributed by atoms with Crippen molar-refractivity contribution in [2.24, 2.45) is 7.05 Å². The number of ether oxygens (including phenoxy) is 1. The van der Waals surface area contributed by atoms with Crippen molar-refractivity contribution in [1.29, 1.82) is 0 Å². The van der Waals surface area contributed by atoms with Gasteiger partial charge in [-0.15, -0.1) is 0 Å². The van der Waals surface area contributed by atoms with E-state index in [1.54, 1.807) is 19.3 Å². The lowest BCUT2D eigenvalue weighted by atomic mass is 10.3. The highest BCUT2D eigenvalue weighted by molar-refractivity contribution is 6.46. The maximum Gasteiger partial charge on any atom is 0.359 e. The smallest absolute Gasteiger partial charge is 0.359 e. The minimum absolute atomic E-state index is 0.103. The van der Waals surface area contributed by atoms with Gasteiger partial charge in [0.25, 0.3) is 11.8 Å². The number of nitrogens with one attached hydrogen (secondary N) is 1. The summed E-state index contributed by atoms with van der Waals surface area (Å²) < 4.78 is 6.28. The van der Waals surface area contributed by atoms with Crippen LogP contribution in [0.3, 0.4) is 0 Å². The highest BCUT2D eigenvalue weighted by Crippen LogP contribution is 2.34. The molecule has 2 rings (SSSR count). The molecule has 3 N–H and O–H groups in total. The first-order chi connectivity index (χ1) is 11.7. The van der Waals surface area contributed by atoms with E-state index < -0.39 is 30.1 Å². The number of anilines is 1. The van der Waals surface area contributed by atoms with Gasteiger partial charge in [-0.3, -0.25) is 14.9 Å². The van der Waals surface area contributed by atoms with Crippen LogP contribution >= 0.6 is 34.8 Å². The molecule has 2 amide bonds. The molecule has 0 saturated heterocycles. The highest BCUT2D eigenvalue weighted by atomic mass is 35.5. The topological polar surface area (TPSA) is 116 Å². The Labute approximate surface area is 156 Å². The summed E-state index contributed by atoms with van der Waals surface area (Å²) in [4.78, 5) is 39.2. The fraction of sp³-hybridized carbons (Fsp3) is 0.143. The second kappa shape index (κ2) is 7.73. The van der Waals surface area contributed by atoms with Crippen LogP contribution in [0, 0.1) is 0 Å². The summed E-state index contributed by atoms with van der Waals surface area (Å²) in [5.41, 5.74) is 5.32. The van der Waals surface area contributed by atoms with Crippen LogP contribution in [0.25, 0.3) is 0 Å². The monoisotopic (exact) mass is 404 g/mol. The second-order valence-electron chi connectivity index (χ2n) is 4.75. The predicted molar refractivity (Wildman–Crippen MR) is 91.8 cm³/mol. The van der Waals surface area contributed by atoms with Crippen LogP contribution in [-0.4, -0.2) is 33.9 Å². The van der Waals surface area contributed by atoms with Crippen LogP contribution in [0.2, 0.25) is 15.2 Å². The molecule has 0 bridgehead atoms. The number of amides is 2. The van der Waals surface area contributed by atoms with E-state index in [9.17, 15) is 14.4 Å². The summed E-state index contributed by atoms with van der Waals surface area (Å²) in [6.07, 6.45) is 1.64. The fourth-order valence-electron chi connectivity index (χ4n) is 1.79. The number of carbonyl (C=O) groups is 3. The summed E-state index contributed by atoms with van der Waals surface area (Å²) in [7, 11) is 1.64. The Morgan fingerprint density at radius 3 is 2.56 bits per heavy atom. The van der Waals surface area contributed by atoms with Crippen LogP contribution in [0.4, 0.5) is 5.69 Å². The van der Waals surface area contributed by atoms with Crippen molar-refractivity contribution in [1.82, 2.24) is 14.9 Å². The number of carbonyl (C=O) groups excluding carboxylic acids is 3. The van der Waals surface area contributed by atoms with Crippen molar-refractivity contribution in [3.05, 3.63) is 44.9 Å². The molecule has 2 aromatic heterocycles. The van der Waals surface area contributed by atoms with E-state index in [0.717, 1.165) is 0 Å². The number of aryl methyl sites for hydroxylation is 1. The zero-order chi connectivity index (χ0) is 18.7.